The molecule has 12 heteroatoms. The number of morpholine rings is 1. The molecule has 0 unspecified atom stereocenters. The van der Waals surface area contributed by atoms with Crippen molar-refractivity contribution in [2.45, 2.75) is 4.90 Å². The highest BCUT2D eigenvalue weighted by Gasteiger charge is 2.27. The first-order chi connectivity index (χ1) is 16.8. The molecule has 0 bridgehead atoms. The number of ether oxygens (including phenoxy) is 2. The molecule has 0 spiro atoms. The van der Waals surface area contributed by atoms with Gasteiger partial charge in [0.1, 0.15) is 0 Å². The predicted molar refractivity (Wildman–Crippen MR) is 129 cm³/mol. The number of nitrogens with one attached hydrogen (secondary N) is 1. The standard InChI is InChI=1S/C23H21ClN4O6S/c24-18-7-6-17(35(31,32)28-9-11-33-12-10-28)13-21(18)27-22(29)15-34-23(30)8-5-16-14-25-19-3-1-2-4-20(19)26-16/h1-8,13-14H,9-12,15H2,(H,27,29)/b8-5+. The van der Waals surface area contributed by atoms with E-state index in [-0.39, 0.29) is 28.7 Å². The molecule has 0 atom stereocenters. The van der Waals surface area contributed by atoms with Gasteiger partial charge in [-0.15, -0.1) is 0 Å². The lowest BCUT2D eigenvalue weighted by molar-refractivity contribution is -0.142. The highest BCUT2D eigenvalue weighted by molar-refractivity contribution is 7.89. The topological polar surface area (TPSA) is 128 Å². The molecule has 1 fully saturated rings. The number of fused-ring (bicyclic) bond motifs is 1. The minimum Gasteiger partial charge on any atom is -0.452 e. The lowest BCUT2D eigenvalue weighted by Gasteiger charge is -2.26. The minimum absolute atomic E-state index is 0.0180. The van der Waals surface area contributed by atoms with Crippen LogP contribution in [0.25, 0.3) is 17.1 Å². The lowest BCUT2D eigenvalue weighted by Crippen LogP contribution is -2.40. The molecule has 2 aromatic carbocycles. The monoisotopic (exact) mass is 516 g/mol. The maximum Gasteiger partial charge on any atom is 0.331 e. The number of rotatable bonds is 7. The van der Waals surface area contributed by atoms with E-state index in [0.29, 0.717) is 24.4 Å². The molecular weight excluding hydrogens is 496 g/mol. The van der Waals surface area contributed by atoms with Crippen LogP contribution in [0.3, 0.4) is 0 Å². The Hall–Kier alpha value is -3.38. The fraction of sp³-hybridized carbons (Fsp3) is 0.217. The number of amides is 1. The summed E-state index contributed by atoms with van der Waals surface area (Å²) < 4.78 is 37.1. The van der Waals surface area contributed by atoms with Gasteiger partial charge in [0.15, 0.2) is 6.61 Å². The van der Waals surface area contributed by atoms with Gasteiger partial charge >= 0.3 is 5.97 Å². The van der Waals surface area contributed by atoms with Gasteiger partial charge in [-0.05, 0) is 36.4 Å². The van der Waals surface area contributed by atoms with Crippen LogP contribution in [-0.2, 0) is 29.1 Å². The van der Waals surface area contributed by atoms with Crippen molar-refractivity contribution in [2.75, 3.05) is 38.2 Å². The number of benzene rings is 2. The lowest BCUT2D eigenvalue weighted by atomic mass is 10.3. The van der Waals surface area contributed by atoms with Crippen LogP contribution in [0.5, 0.6) is 0 Å². The number of sulfonamides is 1. The summed E-state index contributed by atoms with van der Waals surface area (Å²) in [6, 6.07) is 11.3. The van der Waals surface area contributed by atoms with Crippen LogP contribution in [0.4, 0.5) is 5.69 Å². The van der Waals surface area contributed by atoms with Gasteiger partial charge < -0.3 is 14.8 Å². The van der Waals surface area contributed by atoms with Gasteiger partial charge in [0.05, 0.1) is 51.7 Å². The summed E-state index contributed by atoms with van der Waals surface area (Å²) >= 11 is 6.12. The smallest absolute Gasteiger partial charge is 0.331 e. The van der Waals surface area contributed by atoms with Crippen molar-refractivity contribution in [3.05, 3.63) is 65.5 Å². The van der Waals surface area contributed by atoms with E-state index in [1.165, 1.54) is 34.8 Å². The Morgan fingerprint density at radius 1 is 1.14 bits per heavy atom. The molecule has 0 radical (unpaired) electrons. The van der Waals surface area contributed by atoms with E-state index < -0.39 is 28.5 Å². The molecule has 182 valence electrons. The van der Waals surface area contributed by atoms with Crippen LogP contribution in [0.15, 0.2) is 59.6 Å². The number of hydrogen-bond acceptors (Lipinski definition) is 8. The van der Waals surface area contributed by atoms with Crippen LogP contribution in [0.2, 0.25) is 5.02 Å². The average molecular weight is 517 g/mol. The highest BCUT2D eigenvalue weighted by Crippen LogP contribution is 2.27. The van der Waals surface area contributed by atoms with Crippen molar-refractivity contribution in [2.24, 2.45) is 0 Å². The number of para-hydroxylation sites is 2. The second-order valence-electron chi connectivity index (χ2n) is 7.43. The third-order valence-corrected chi connectivity index (χ3v) is 7.25. The molecule has 1 N–H and O–H groups in total. The molecule has 1 aliphatic heterocycles. The molecule has 1 aliphatic rings. The number of esters is 1. The highest BCUT2D eigenvalue weighted by atomic mass is 35.5. The molecular formula is C23H21ClN4O6S. The fourth-order valence-electron chi connectivity index (χ4n) is 3.27. The van der Waals surface area contributed by atoms with Crippen molar-refractivity contribution < 1.29 is 27.5 Å². The molecule has 0 saturated carbocycles. The van der Waals surface area contributed by atoms with Gasteiger partial charge in [0.2, 0.25) is 10.0 Å². The van der Waals surface area contributed by atoms with E-state index >= 15 is 0 Å². The van der Waals surface area contributed by atoms with E-state index in [4.69, 9.17) is 21.1 Å². The zero-order chi connectivity index (χ0) is 24.8. The van der Waals surface area contributed by atoms with Crippen LogP contribution < -0.4 is 5.32 Å². The van der Waals surface area contributed by atoms with Crippen LogP contribution in [0, 0.1) is 0 Å². The van der Waals surface area contributed by atoms with E-state index in [1.54, 1.807) is 6.07 Å². The van der Waals surface area contributed by atoms with Crippen molar-refractivity contribution in [3.8, 4) is 0 Å². The van der Waals surface area contributed by atoms with Gasteiger partial charge in [-0.1, -0.05) is 23.7 Å². The molecule has 1 amide bonds. The summed E-state index contributed by atoms with van der Waals surface area (Å²) in [4.78, 5) is 32.9. The number of halogens is 1. The molecule has 2 heterocycles. The molecule has 10 nitrogen and oxygen atoms in total. The number of carbonyl (C=O) groups excluding carboxylic acids is 2. The fourth-order valence-corrected chi connectivity index (χ4v) is 4.87. The molecule has 0 aliphatic carbocycles. The Morgan fingerprint density at radius 2 is 1.89 bits per heavy atom. The number of anilines is 1. The van der Waals surface area contributed by atoms with Crippen molar-refractivity contribution >= 4 is 56.3 Å². The molecule has 1 aromatic heterocycles. The Kier molecular flexibility index (Phi) is 7.71. The van der Waals surface area contributed by atoms with Gasteiger partial charge in [-0.25, -0.2) is 18.2 Å². The van der Waals surface area contributed by atoms with Crippen LogP contribution >= 0.6 is 11.6 Å². The molecule has 4 rings (SSSR count). The van der Waals surface area contributed by atoms with Crippen molar-refractivity contribution in [3.63, 3.8) is 0 Å². The van der Waals surface area contributed by atoms with E-state index in [0.717, 1.165) is 11.6 Å². The number of aromatic nitrogens is 2. The SMILES string of the molecule is O=C(COC(=O)/C=C/c1cnc2ccccc2n1)Nc1cc(S(=O)(=O)N2CCOCC2)ccc1Cl. The van der Waals surface area contributed by atoms with Gasteiger partial charge in [-0.2, -0.15) is 4.31 Å². The molecule has 35 heavy (non-hydrogen) atoms. The molecule has 1 saturated heterocycles. The van der Waals surface area contributed by atoms with Gasteiger partial charge in [0, 0.05) is 19.2 Å². The first-order valence-electron chi connectivity index (χ1n) is 10.6. The van der Waals surface area contributed by atoms with Gasteiger partial charge in [-0.3, -0.25) is 9.78 Å². The first kappa shape index (κ1) is 24.7. The van der Waals surface area contributed by atoms with Gasteiger partial charge in [0.25, 0.3) is 5.91 Å². The second-order valence-corrected chi connectivity index (χ2v) is 9.78. The number of hydrogen-bond donors (Lipinski definition) is 1. The normalized spacial score (nSPS) is 14.8. The molecule has 3 aromatic rings. The van der Waals surface area contributed by atoms with E-state index in [2.05, 4.69) is 15.3 Å². The number of carbonyl (C=O) groups is 2. The number of nitrogens with zero attached hydrogens (tertiary/aromatic N) is 3. The maximum absolute atomic E-state index is 12.8. The quantitative estimate of drug-likeness (QED) is 0.375. The Morgan fingerprint density at radius 3 is 2.66 bits per heavy atom. The summed E-state index contributed by atoms with van der Waals surface area (Å²) in [5, 5.41) is 2.61. The summed E-state index contributed by atoms with van der Waals surface area (Å²) in [6.45, 7) is 0.499. The third kappa shape index (κ3) is 6.20. The first-order valence-corrected chi connectivity index (χ1v) is 12.4. The summed E-state index contributed by atoms with van der Waals surface area (Å²) in [6.07, 6.45) is 4.07. The average Bonchev–Trinajstić information content (AvgIpc) is 2.87. The van der Waals surface area contributed by atoms with E-state index in [9.17, 15) is 18.0 Å². The minimum atomic E-state index is -3.77. The maximum atomic E-state index is 12.8. The van der Waals surface area contributed by atoms with Crippen LogP contribution in [-0.4, -0.2) is 67.5 Å². The van der Waals surface area contributed by atoms with Crippen molar-refractivity contribution in [1.29, 1.82) is 0 Å². The Bertz CT molecular complexity index is 1390. The van der Waals surface area contributed by atoms with Crippen LogP contribution in [0.1, 0.15) is 5.69 Å². The van der Waals surface area contributed by atoms with Crippen molar-refractivity contribution in [1.82, 2.24) is 14.3 Å². The predicted octanol–water partition coefficient (Wildman–Crippen LogP) is 2.50. The Labute approximate surface area is 206 Å². The largest absolute Gasteiger partial charge is 0.452 e. The summed E-state index contributed by atoms with van der Waals surface area (Å²) in [5.74, 6) is -1.44. The Balaban J connectivity index is 1.35. The summed E-state index contributed by atoms with van der Waals surface area (Å²) in [7, 11) is -3.77. The zero-order valence-electron chi connectivity index (χ0n) is 18.4. The second kappa shape index (κ2) is 10.9. The third-order valence-electron chi connectivity index (χ3n) is 5.02. The summed E-state index contributed by atoms with van der Waals surface area (Å²) in [5.41, 5.74) is 1.95. The zero-order valence-corrected chi connectivity index (χ0v) is 20.0. The van der Waals surface area contributed by atoms with E-state index in [1.807, 2.05) is 18.2 Å².